The van der Waals surface area contributed by atoms with Crippen molar-refractivity contribution >= 4 is 40.6 Å². The molecule has 1 atom stereocenters. The molecule has 0 fully saturated rings. The number of phenols is 1. The van der Waals surface area contributed by atoms with Gasteiger partial charge in [0.05, 0.1) is 29.9 Å². The molecule has 0 saturated carbocycles. The lowest BCUT2D eigenvalue weighted by atomic mass is 9.94. The molecule has 30 heavy (non-hydrogen) atoms. The number of hydrogen-bond donors (Lipinski definition) is 2. The van der Waals surface area contributed by atoms with E-state index in [1.165, 1.54) is 0 Å². The normalized spacial score (nSPS) is 16.3. The summed E-state index contributed by atoms with van der Waals surface area (Å²) in [6, 6.07) is 12.1. The smallest absolute Gasteiger partial charge is 0.338 e. The molecule has 3 rings (SSSR count). The van der Waals surface area contributed by atoms with E-state index in [-0.39, 0.29) is 23.1 Å². The van der Waals surface area contributed by atoms with Crippen molar-refractivity contribution in [3.8, 4) is 11.5 Å². The number of phenolic OH excluding ortho intramolecular Hbond substituents is 1. The standard InChI is InChI=1S/C22H23ClN2O4S/c1-4-28-17-12-14(11-16(23)20(17)26)19-18(21(27)29-5-2)13(3)25(22(30)24-19)15-9-7-6-8-10-15/h6-12,19,26H,4-5H2,1-3H3,(H,24,30). The van der Waals surface area contributed by atoms with Gasteiger partial charge in [-0.1, -0.05) is 29.8 Å². The van der Waals surface area contributed by atoms with Crippen molar-refractivity contribution in [1.29, 1.82) is 0 Å². The zero-order chi connectivity index (χ0) is 21.8. The van der Waals surface area contributed by atoms with Crippen molar-refractivity contribution in [3.05, 3.63) is 64.3 Å². The van der Waals surface area contributed by atoms with E-state index in [9.17, 15) is 9.90 Å². The van der Waals surface area contributed by atoms with E-state index in [4.69, 9.17) is 33.3 Å². The molecule has 1 aliphatic rings. The van der Waals surface area contributed by atoms with E-state index < -0.39 is 12.0 Å². The van der Waals surface area contributed by atoms with Gasteiger partial charge in [-0.05, 0) is 62.8 Å². The number of para-hydroxylation sites is 1. The molecule has 0 aliphatic carbocycles. The molecule has 0 saturated heterocycles. The van der Waals surface area contributed by atoms with Gasteiger partial charge in [-0.2, -0.15) is 0 Å². The summed E-state index contributed by atoms with van der Waals surface area (Å²) in [7, 11) is 0. The molecule has 158 valence electrons. The second kappa shape index (κ2) is 9.36. The number of benzene rings is 2. The van der Waals surface area contributed by atoms with Gasteiger partial charge in [0.1, 0.15) is 0 Å². The number of thiocarbonyl (C=S) groups is 1. The minimum Gasteiger partial charge on any atom is -0.503 e. The fourth-order valence-corrected chi connectivity index (χ4v) is 3.96. The van der Waals surface area contributed by atoms with Crippen LogP contribution in [0.1, 0.15) is 32.4 Å². The molecular formula is C22H23ClN2O4S. The lowest BCUT2D eigenvalue weighted by Gasteiger charge is -2.37. The topological polar surface area (TPSA) is 71.0 Å². The molecule has 8 heteroatoms. The summed E-state index contributed by atoms with van der Waals surface area (Å²) in [6.45, 7) is 5.97. The number of hydrogen-bond acceptors (Lipinski definition) is 5. The first kappa shape index (κ1) is 21.9. The van der Waals surface area contributed by atoms with Crippen LogP contribution in [0.25, 0.3) is 0 Å². The Hall–Kier alpha value is -2.77. The number of anilines is 1. The fraction of sp³-hybridized carbons (Fsp3) is 0.273. The van der Waals surface area contributed by atoms with Crippen LogP contribution in [0.2, 0.25) is 5.02 Å². The lowest BCUT2D eigenvalue weighted by molar-refractivity contribution is -0.139. The molecule has 0 aromatic heterocycles. The summed E-state index contributed by atoms with van der Waals surface area (Å²) >= 11 is 11.9. The monoisotopic (exact) mass is 446 g/mol. The maximum atomic E-state index is 12.9. The molecule has 0 bridgehead atoms. The second-order valence-electron chi connectivity index (χ2n) is 6.56. The molecule has 2 aromatic carbocycles. The summed E-state index contributed by atoms with van der Waals surface area (Å²) in [4.78, 5) is 14.7. The second-order valence-corrected chi connectivity index (χ2v) is 7.35. The third-order valence-electron chi connectivity index (χ3n) is 4.68. The van der Waals surface area contributed by atoms with Gasteiger partial charge >= 0.3 is 5.97 Å². The van der Waals surface area contributed by atoms with Crippen molar-refractivity contribution < 1.29 is 19.4 Å². The fourth-order valence-electron chi connectivity index (χ4n) is 3.38. The number of esters is 1. The lowest BCUT2D eigenvalue weighted by Crippen LogP contribution is -2.48. The first-order valence-electron chi connectivity index (χ1n) is 9.57. The van der Waals surface area contributed by atoms with Crippen LogP contribution in [-0.2, 0) is 9.53 Å². The molecular weight excluding hydrogens is 424 g/mol. The van der Waals surface area contributed by atoms with Gasteiger partial charge in [-0.3, -0.25) is 4.90 Å². The van der Waals surface area contributed by atoms with E-state index in [1.807, 2.05) is 37.3 Å². The maximum absolute atomic E-state index is 12.9. The van der Waals surface area contributed by atoms with Crippen molar-refractivity contribution in [1.82, 2.24) is 5.32 Å². The highest BCUT2D eigenvalue weighted by Crippen LogP contribution is 2.41. The van der Waals surface area contributed by atoms with Gasteiger partial charge < -0.3 is 19.9 Å². The summed E-state index contributed by atoms with van der Waals surface area (Å²) < 4.78 is 10.8. The first-order chi connectivity index (χ1) is 14.4. The number of aromatic hydroxyl groups is 1. The Morgan fingerprint density at radius 1 is 1.23 bits per heavy atom. The SMILES string of the molecule is CCOC(=O)C1=C(C)N(c2ccccc2)C(=S)NC1c1cc(Cl)c(O)c(OCC)c1. The predicted octanol–water partition coefficient (Wildman–Crippen LogP) is 4.72. The number of carbonyl (C=O) groups is 1. The van der Waals surface area contributed by atoms with Crippen LogP contribution < -0.4 is 15.0 Å². The number of allylic oxidation sites excluding steroid dienone is 1. The molecule has 6 nitrogen and oxygen atoms in total. The van der Waals surface area contributed by atoms with E-state index in [2.05, 4.69) is 5.32 Å². The van der Waals surface area contributed by atoms with E-state index in [1.54, 1.807) is 30.9 Å². The number of nitrogens with zero attached hydrogens (tertiary/aromatic N) is 1. The summed E-state index contributed by atoms with van der Waals surface area (Å²) in [5, 5.41) is 14.0. The van der Waals surface area contributed by atoms with Crippen molar-refractivity contribution in [2.24, 2.45) is 0 Å². The Bertz CT molecular complexity index is 994. The zero-order valence-electron chi connectivity index (χ0n) is 16.9. The van der Waals surface area contributed by atoms with Gasteiger partial charge in [-0.15, -0.1) is 0 Å². The summed E-state index contributed by atoms with van der Waals surface area (Å²) in [5.74, 6) is -0.373. The van der Waals surface area contributed by atoms with Crippen LogP contribution in [0.4, 0.5) is 5.69 Å². The van der Waals surface area contributed by atoms with Crippen LogP contribution in [0, 0.1) is 0 Å². The molecule has 1 heterocycles. The average Bonchev–Trinajstić information content (AvgIpc) is 2.72. The first-order valence-corrected chi connectivity index (χ1v) is 10.4. The summed E-state index contributed by atoms with van der Waals surface area (Å²) in [6.07, 6.45) is 0. The molecule has 1 aliphatic heterocycles. The van der Waals surface area contributed by atoms with Crippen LogP contribution in [0.5, 0.6) is 11.5 Å². The molecule has 1 unspecified atom stereocenters. The third kappa shape index (κ3) is 4.22. The minimum atomic E-state index is -0.617. The Balaban J connectivity index is 2.16. The molecule has 0 amide bonds. The third-order valence-corrected chi connectivity index (χ3v) is 5.27. The average molecular weight is 447 g/mol. The van der Waals surface area contributed by atoms with Crippen molar-refractivity contribution in [2.45, 2.75) is 26.8 Å². The highest BCUT2D eigenvalue weighted by Gasteiger charge is 2.36. The summed E-state index contributed by atoms with van der Waals surface area (Å²) in [5.41, 5.74) is 2.50. The molecule has 2 aromatic rings. The number of rotatable bonds is 6. The van der Waals surface area contributed by atoms with Crippen LogP contribution in [0.15, 0.2) is 53.7 Å². The Kier molecular flexibility index (Phi) is 6.84. The van der Waals surface area contributed by atoms with Gasteiger partial charge in [0, 0.05) is 11.4 Å². The van der Waals surface area contributed by atoms with E-state index >= 15 is 0 Å². The number of ether oxygens (including phenoxy) is 2. The molecule has 0 radical (unpaired) electrons. The van der Waals surface area contributed by atoms with Gasteiger partial charge in [0.15, 0.2) is 16.6 Å². The maximum Gasteiger partial charge on any atom is 0.338 e. The van der Waals surface area contributed by atoms with Crippen LogP contribution in [-0.4, -0.2) is 29.4 Å². The zero-order valence-corrected chi connectivity index (χ0v) is 18.5. The largest absolute Gasteiger partial charge is 0.503 e. The minimum absolute atomic E-state index is 0.120. The van der Waals surface area contributed by atoms with Gasteiger partial charge in [0.25, 0.3) is 0 Å². The highest BCUT2D eigenvalue weighted by molar-refractivity contribution is 7.80. The number of halogens is 1. The van der Waals surface area contributed by atoms with E-state index in [0.29, 0.717) is 28.6 Å². The Morgan fingerprint density at radius 3 is 2.57 bits per heavy atom. The van der Waals surface area contributed by atoms with Crippen LogP contribution in [0.3, 0.4) is 0 Å². The van der Waals surface area contributed by atoms with Crippen molar-refractivity contribution in [3.63, 3.8) is 0 Å². The number of carbonyl (C=O) groups excluding carboxylic acids is 1. The number of nitrogens with one attached hydrogen (secondary N) is 1. The predicted molar refractivity (Wildman–Crippen MR) is 121 cm³/mol. The van der Waals surface area contributed by atoms with Gasteiger partial charge in [0.2, 0.25) is 0 Å². The quantitative estimate of drug-likeness (QED) is 0.491. The van der Waals surface area contributed by atoms with Crippen LogP contribution >= 0.6 is 23.8 Å². The Morgan fingerprint density at radius 2 is 1.93 bits per heavy atom. The highest BCUT2D eigenvalue weighted by atomic mass is 35.5. The molecule has 0 spiro atoms. The van der Waals surface area contributed by atoms with E-state index in [0.717, 1.165) is 5.69 Å². The van der Waals surface area contributed by atoms with Crippen molar-refractivity contribution in [2.75, 3.05) is 18.1 Å². The Labute approximate surface area is 186 Å². The van der Waals surface area contributed by atoms with Gasteiger partial charge in [-0.25, -0.2) is 4.79 Å². The molecule has 2 N–H and O–H groups in total.